The first-order chi connectivity index (χ1) is 12.8. The van der Waals surface area contributed by atoms with E-state index in [-0.39, 0.29) is 89.8 Å². The van der Waals surface area contributed by atoms with Crippen molar-refractivity contribution in [1.82, 2.24) is 0 Å². The molecular formula is C23H42O5VWY-2. The zero-order valence-electron chi connectivity index (χ0n) is 20.9. The van der Waals surface area contributed by atoms with E-state index in [2.05, 4.69) is 27.2 Å². The number of ether oxygens (including phenoxy) is 2. The first-order valence-electron chi connectivity index (χ1n) is 10.2. The van der Waals surface area contributed by atoms with Gasteiger partial charge in [0, 0.05) is 66.5 Å². The number of carbonyl (C=O) groups is 1. The molecule has 0 saturated carbocycles. The average Bonchev–Trinajstić information content (AvgIpc) is 2.68. The number of esters is 1. The summed E-state index contributed by atoms with van der Waals surface area (Å²) in [6, 6.07) is 0. The van der Waals surface area contributed by atoms with Gasteiger partial charge in [0.25, 0.3) is 0 Å². The maximum Gasteiger partial charge on any atom is 2.00 e. The summed E-state index contributed by atoms with van der Waals surface area (Å²) in [4.78, 5) is 12.8. The molecule has 0 aliphatic heterocycles. The number of hydrogen-bond donors (Lipinski definition) is 2. The molecule has 0 heterocycles. The van der Waals surface area contributed by atoms with Gasteiger partial charge in [0.2, 0.25) is 0 Å². The largest absolute Gasteiger partial charge is 2.00 e. The van der Waals surface area contributed by atoms with Crippen LogP contribution >= 0.6 is 0 Å². The number of methoxy groups -OCH3 is 1. The zero-order chi connectivity index (χ0) is 22.3. The van der Waals surface area contributed by atoms with Crippen molar-refractivity contribution in [2.45, 2.75) is 98.6 Å². The molecule has 0 aliphatic carbocycles. The van der Waals surface area contributed by atoms with Crippen LogP contribution in [0.1, 0.15) is 75.2 Å². The molecule has 0 bridgehead atoms. The Morgan fingerprint density at radius 1 is 1.19 bits per heavy atom. The number of rotatable bonds is 13. The fourth-order valence-electron chi connectivity index (χ4n) is 3.63. The van der Waals surface area contributed by atoms with Crippen LogP contribution in [-0.2, 0) is 86.6 Å². The van der Waals surface area contributed by atoms with E-state index in [1.807, 2.05) is 20.8 Å². The monoisotopic (exact) mass is 722 g/mol. The van der Waals surface area contributed by atoms with Crippen molar-refractivity contribution in [2.24, 2.45) is 11.8 Å². The van der Waals surface area contributed by atoms with Gasteiger partial charge in [0.05, 0.1) is 5.60 Å². The third kappa shape index (κ3) is 10.8. The number of carbonyl (C=O) groups excluding carboxylic acids is 1. The van der Waals surface area contributed by atoms with E-state index in [9.17, 15) is 15.0 Å². The molecule has 5 nitrogen and oxygen atoms in total. The maximum absolute atomic E-state index is 12.8. The van der Waals surface area contributed by atoms with Gasteiger partial charge in [-0.1, -0.05) is 20.8 Å². The molecule has 0 aromatic rings. The molecule has 8 heteroatoms. The predicted octanol–water partition coefficient (Wildman–Crippen LogP) is 4.12. The second-order valence-corrected chi connectivity index (χ2v) is 8.32. The Hall–Kier alpha value is 1.60. The van der Waals surface area contributed by atoms with Gasteiger partial charge in [-0.3, -0.25) is 4.79 Å². The molecule has 0 aliphatic rings. The maximum atomic E-state index is 12.8. The van der Waals surface area contributed by atoms with Crippen molar-refractivity contribution in [2.75, 3.05) is 7.11 Å². The normalized spacial score (nSPS) is 18.6. The van der Waals surface area contributed by atoms with E-state index in [1.54, 1.807) is 21.0 Å². The van der Waals surface area contributed by atoms with E-state index < -0.39 is 23.8 Å². The van der Waals surface area contributed by atoms with Crippen molar-refractivity contribution < 1.29 is 96.8 Å². The van der Waals surface area contributed by atoms with E-state index in [0.717, 1.165) is 12.3 Å². The minimum Gasteiger partial charge on any atom is -0.484 e. The molecule has 0 spiro atoms. The van der Waals surface area contributed by atoms with Gasteiger partial charge in [-0.15, -0.1) is 6.42 Å². The summed E-state index contributed by atoms with van der Waals surface area (Å²) in [5, 5.41) is 20.7. The van der Waals surface area contributed by atoms with Gasteiger partial charge in [-0.05, 0) is 32.3 Å². The summed E-state index contributed by atoms with van der Waals surface area (Å²) in [5.74, 6) is 1.29. The van der Waals surface area contributed by atoms with E-state index in [4.69, 9.17) is 9.47 Å². The molecule has 0 saturated heterocycles. The zero-order valence-corrected chi connectivity index (χ0v) is 28.1. The molecule has 0 aromatic heterocycles. The van der Waals surface area contributed by atoms with E-state index in [1.165, 1.54) is 13.3 Å². The summed E-state index contributed by atoms with van der Waals surface area (Å²) in [6.07, 6.45) is 2.91. The average molecular weight is 722 g/mol. The van der Waals surface area contributed by atoms with Crippen molar-refractivity contribution in [1.29, 1.82) is 0 Å². The molecule has 0 fully saturated rings. The van der Waals surface area contributed by atoms with Crippen molar-refractivity contribution in [3.63, 3.8) is 0 Å². The first kappa shape index (κ1) is 39.8. The smallest absolute Gasteiger partial charge is 0.484 e. The topological polar surface area (TPSA) is 76.0 Å². The van der Waals surface area contributed by atoms with Gasteiger partial charge in [0.15, 0.2) is 0 Å². The Morgan fingerprint density at radius 2 is 1.68 bits per heavy atom. The molecule has 0 amide bonds. The molecule has 180 valence electrons. The minimum absolute atomic E-state index is 0. The van der Waals surface area contributed by atoms with Crippen LogP contribution < -0.4 is 0 Å². The summed E-state index contributed by atoms with van der Waals surface area (Å²) in [5.41, 5.74) is -1.87. The van der Waals surface area contributed by atoms with Gasteiger partial charge < -0.3 is 44.4 Å². The van der Waals surface area contributed by atoms with Crippen LogP contribution in [0.25, 0.3) is 0 Å². The summed E-state index contributed by atoms with van der Waals surface area (Å²) in [7, 11) is 1.72. The van der Waals surface area contributed by atoms with Crippen LogP contribution in [0.15, 0.2) is 0 Å². The quantitative estimate of drug-likeness (QED) is 0.221. The van der Waals surface area contributed by atoms with Crippen LogP contribution in [0.5, 0.6) is 0 Å². The third-order valence-corrected chi connectivity index (χ3v) is 6.56. The van der Waals surface area contributed by atoms with Gasteiger partial charge in [0.1, 0.15) is 12.1 Å². The number of hydrogen-bond acceptors (Lipinski definition) is 5. The van der Waals surface area contributed by atoms with Gasteiger partial charge in [-0.2, -0.15) is 26.7 Å². The predicted molar refractivity (Wildman–Crippen MR) is 113 cm³/mol. The minimum atomic E-state index is -1.54. The Labute approximate surface area is 243 Å². The van der Waals surface area contributed by atoms with Crippen LogP contribution in [0.3, 0.4) is 0 Å². The molecule has 0 unspecified atom stereocenters. The Kier molecular flexibility index (Phi) is 23.0. The molecule has 2 radical (unpaired) electrons. The fourth-order valence-corrected chi connectivity index (χ4v) is 3.63. The van der Waals surface area contributed by atoms with Crippen molar-refractivity contribution in [3.8, 4) is 0 Å². The third-order valence-electron chi connectivity index (χ3n) is 6.56. The fraction of sp³-hybridized carbons (Fsp3) is 0.783. The molecule has 2 N–H and O–H groups in total. The summed E-state index contributed by atoms with van der Waals surface area (Å²) >= 11 is 0. The molecule has 6 atom stereocenters. The van der Waals surface area contributed by atoms with Crippen LogP contribution in [0.4, 0.5) is 0 Å². The van der Waals surface area contributed by atoms with E-state index >= 15 is 0 Å². The SMILES string of the molecule is C[CH-]C[C@](C)(OC)[C@H](C)[C@@H](C)[C-](C)[C-](C)C(=O)O[C@@H](CC)[C@@](C)(O)[C@H](O)[CH-]C.[V+2].[W].[Y]. The van der Waals surface area contributed by atoms with Gasteiger partial charge >= 0.3 is 18.6 Å². The summed E-state index contributed by atoms with van der Waals surface area (Å²) < 4.78 is 11.4. The number of aliphatic hydroxyl groups excluding tert-OH is 1. The molecular weight excluding hydrogens is 680 g/mol. The second-order valence-electron chi connectivity index (χ2n) is 8.32. The van der Waals surface area contributed by atoms with E-state index in [0.29, 0.717) is 12.3 Å². The van der Waals surface area contributed by atoms with Crippen LogP contribution in [0.2, 0.25) is 0 Å². The standard InChI is InChI=1S/C23H42O5.V.W.Y/c1-11-14-22(8,27-10)18(7)16(5)15(4)17(6)21(25)28-20(13-3)23(9,26)19(24)12-2;;;/h11-12,16,18-20,24,26H,13-14H2,1-10H3;;;/q-4;+2;;/t16-,18+,19+,20-,22-,23-;;;/m0.../s1. The Morgan fingerprint density at radius 3 is 2.03 bits per heavy atom. The number of aliphatic hydroxyl groups is 2. The summed E-state index contributed by atoms with van der Waals surface area (Å²) in [6.45, 7) is 17.0. The van der Waals surface area contributed by atoms with Crippen molar-refractivity contribution >= 4 is 5.97 Å². The van der Waals surface area contributed by atoms with Crippen molar-refractivity contribution in [3.05, 3.63) is 24.7 Å². The van der Waals surface area contributed by atoms with Crippen LogP contribution in [-0.4, -0.2) is 46.7 Å². The second kappa shape index (κ2) is 17.9. The Balaban J connectivity index is -0.00000121. The first-order valence-corrected chi connectivity index (χ1v) is 10.2. The molecule has 0 aromatic carbocycles. The van der Waals surface area contributed by atoms with Crippen LogP contribution in [0, 0.1) is 36.5 Å². The molecule has 0 rings (SSSR count). The Bertz CT molecular complexity index is 483. The molecule has 31 heavy (non-hydrogen) atoms. The van der Waals surface area contributed by atoms with Gasteiger partial charge in [-0.25, -0.2) is 6.92 Å².